The molecule has 1 heterocycles. The molecule has 2 aliphatic rings. The van der Waals surface area contributed by atoms with Gasteiger partial charge in [0.05, 0.1) is 0 Å². The van der Waals surface area contributed by atoms with E-state index < -0.39 is 18.0 Å². The standard InChI is InChI=1S/C17H27N3O4/c1-10(2)8-13(19-16(23)11-5-6-12(21)9-11)17(24)20-7-3-4-14(20)15(18)22/h10-11,13-14H,3-9H2,1-2H3,(H2,18,22)(H,19,23)/t11-,13+,14+/m1/s1. The van der Waals surface area contributed by atoms with E-state index in [1.54, 1.807) is 0 Å². The average Bonchev–Trinajstić information content (AvgIpc) is 3.13. The molecule has 7 nitrogen and oxygen atoms in total. The molecule has 3 atom stereocenters. The minimum atomic E-state index is -0.673. The molecule has 2 fully saturated rings. The number of likely N-dealkylation sites (tertiary alicyclic amines) is 1. The summed E-state index contributed by atoms with van der Waals surface area (Å²) in [7, 11) is 0. The van der Waals surface area contributed by atoms with Crippen molar-refractivity contribution in [2.24, 2.45) is 17.6 Å². The van der Waals surface area contributed by atoms with E-state index in [0.717, 1.165) is 6.42 Å². The Hall–Kier alpha value is -1.92. The van der Waals surface area contributed by atoms with Crippen LogP contribution in [0.15, 0.2) is 0 Å². The van der Waals surface area contributed by atoms with E-state index in [0.29, 0.717) is 32.2 Å². The lowest BCUT2D eigenvalue weighted by atomic mass is 10.00. The summed E-state index contributed by atoms with van der Waals surface area (Å²) in [4.78, 5) is 49.6. The van der Waals surface area contributed by atoms with Gasteiger partial charge in [0.15, 0.2) is 0 Å². The number of nitrogens with zero attached hydrogens (tertiary/aromatic N) is 1. The predicted octanol–water partition coefficient (Wildman–Crippen LogP) is 0.363. The molecule has 3 N–H and O–H groups in total. The lowest BCUT2D eigenvalue weighted by molar-refractivity contribution is -0.141. The van der Waals surface area contributed by atoms with Crippen LogP contribution in [0.3, 0.4) is 0 Å². The van der Waals surface area contributed by atoms with Crippen molar-refractivity contribution in [3.63, 3.8) is 0 Å². The van der Waals surface area contributed by atoms with Gasteiger partial charge in [0.25, 0.3) is 0 Å². The monoisotopic (exact) mass is 337 g/mol. The topological polar surface area (TPSA) is 110 Å². The molecule has 24 heavy (non-hydrogen) atoms. The highest BCUT2D eigenvalue weighted by molar-refractivity contribution is 5.94. The Bertz CT molecular complexity index is 532. The predicted molar refractivity (Wildman–Crippen MR) is 87.7 cm³/mol. The van der Waals surface area contributed by atoms with Crippen molar-refractivity contribution >= 4 is 23.5 Å². The van der Waals surface area contributed by atoms with Gasteiger partial charge in [-0.1, -0.05) is 13.8 Å². The number of rotatable bonds is 6. The Kier molecular flexibility index (Phi) is 5.96. The second-order valence-electron chi connectivity index (χ2n) is 7.26. The minimum absolute atomic E-state index is 0.0928. The summed E-state index contributed by atoms with van der Waals surface area (Å²) in [6, 6.07) is -1.26. The summed E-state index contributed by atoms with van der Waals surface area (Å²) >= 11 is 0. The van der Waals surface area contributed by atoms with Crippen LogP contribution in [0.2, 0.25) is 0 Å². The molecular weight excluding hydrogens is 310 g/mol. The fourth-order valence-electron chi connectivity index (χ4n) is 3.55. The number of carbonyl (C=O) groups excluding carboxylic acids is 4. The molecule has 1 saturated heterocycles. The van der Waals surface area contributed by atoms with E-state index in [9.17, 15) is 19.2 Å². The molecule has 1 aliphatic carbocycles. The molecule has 0 unspecified atom stereocenters. The highest BCUT2D eigenvalue weighted by Gasteiger charge is 2.38. The maximum Gasteiger partial charge on any atom is 0.245 e. The molecular formula is C17H27N3O4. The molecule has 0 bridgehead atoms. The second kappa shape index (κ2) is 7.77. The van der Waals surface area contributed by atoms with E-state index in [1.807, 2.05) is 13.8 Å². The Morgan fingerprint density at radius 1 is 1.29 bits per heavy atom. The number of nitrogens with one attached hydrogen (secondary N) is 1. The molecule has 1 saturated carbocycles. The Morgan fingerprint density at radius 2 is 2.00 bits per heavy atom. The van der Waals surface area contributed by atoms with Gasteiger partial charge in [0.2, 0.25) is 17.7 Å². The fraction of sp³-hybridized carbons (Fsp3) is 0.765. The molecule has 3 amide bonds. The first kappa shape index (κ1) is 18.4. The van der Waals surface area contributed by atoms with Crippen LogP contribution in [0.1, 0.15) is 52.4 Å². The molecule has 0 aromatic heterocycles. The lowest BCUT2D eigenvalue weighted by Gasteiger charge is -2.29. The highest BCUT2D eigenvalue weighted by atomic mass is 16.2. The zero-order chi connectivity index (χ0) is 17.9. The first-order valence-corrected chi connectivity index (χ1v) is 8.71. The van der Waals surface area contributed by atoms with Gasteiger partial charge in [-0.15, -0.1) is 0 Å². The molecule has 0 aromatic rings. The number of nitrogens with two attached hydrogens (primary N) is 1. The van der Waals surface area contributed by atoms with Crippen LogP contribution in [0, 0.1) is 11.8 Å². The first-order valence-electron chi connectivity index (χ1n) is 8.71. The van der Waals surface area contributed by atoms with E-state index in [4.69, 9.17) is 5.73 Å². The third kappa shape index (κ3) is 4.33. The van der Waals surface area contributed by atoms with Gasteiger partial charge in [-0.3, -0.25) is 19.2 Å². The summed E-state index contributed by atoms with van der Waals surface area (Å²) in [5.74, 6) is -1.03. The van der Waals surface area contributed by atoms with Crippen molar-refractivity contribution < 1.29 is 19.2 Å². The van der Waals surface area contributed by atoms with Crippen LogP contribution in [0.4, 0.5) is 0 Å². The zero-order valence-electron chi connectivity index (χ0n) is 14.4. The van der Waals surface area contributed by atoms with E-state index in [2.05, 4.69) is 5.32 Å². The molecule has 134 valence electrons. The maximum absolute atomic E-state index is 12.8. The molecule has 0 spiro atoms. The van der Waals surface area contributed by atoms with Crippen LogP contribution >= 0.6 is 0 Å². The third-order valence-corrected chi connectivity index (χ3v) is 4.80. The van der Waals surface area contributed by atoms with Crippen molar-refractivity contribution in [1.29, 1.82) is 0 Å². The smallest absolute Gasteiger partial charge is 0.245 e. The van der Waals surface area contributed by atoms with Gasteiger partial charge in [-0.25, -0.2) is 0 Å². The molecule has 2 rings (SSSR count). The highest BCUT2D eigenvalue weighted by Crippen LogP contribution is 2.24. The fourth-order valence-corrected chi connectivity index (χ4v) is 3.55. The van der Waals surface area contributed by atoms with Crippen molar-refractivity contribution in [2.75, 3.05) is 6.54 Å². The van der Waals surface area contributed by atoms with Crippen molar-refractivity contribution in [3.8, 4) is 0 Å². The summed E-state index contributed by atoms with van der Waals surface area (Å²) < 4.78 is 0. The number of amides is 3. The van der Waals surface area contributed by atoms with E-state index in [-0.39, 0.29) is 35.9 Å². The average molecular weight is 337 g/mol. The molecule has 1 aliphatic heterocycles. The SMILES string of the molecule is CC(C)C[C@H](NC(=O)[C@@H]1CCC(=O)C1)C(=O)N1CCC[C@H]1C(N)=O. The number of ketones is 1. The first-order chi connectivity index (χ1) is 11.3. The van der Waals surface area contributed by atoms with Crippen LogP contribution < -0.4 is 11.1 Å². The second-order valence-corrected chi connectivity index (χ2v) is 7.26. The largest absolute Gasteiger partial charge is 0.368 e. The van der Waals surface area contributed by atoms with Crippen LogP contribution in [0.25, 0.3) is 0 Å². The van der Waals surface area contributed by atoms with Gasteiger partial charge >= 0.3 is 0 Å². The van der Waals surface area contributed by atoms with E-state index >= 15 is 0 Å². The zero-order valence-corrected chi connectivity index (χ0v) is 14.4. The number of hydrogen-bond acceptors (Lipinski definition) is 4. The Morgan fingerprint density at radius 3 is 2.54 bits per heavy atom. The van der Waals surface area contributed by atoms with Crippen molar-refractivity contribution in [3.05, 3.63) is 0 Å². The minimum Gasteiger partial charge on any atom is -0.368 e. The van der Waals surface area contributed by atoms with E-state index in [1.165, 1.54) is 4.90 Å². The maximum atomic E-state index is 12.8. The number of Topliss-reactive ketones (excluding diaryl/α,β-unsaturated/α-hetero) is 1. The molecule has 0 aromatic carbocycles. The van der Waals surface area contributed by atoms with Crippen LogP contribution in [0.5, 0.6) is 0 Å². The summed E-state index contributed by atoms with van der Waals surface area (Å²) in [5, 5.41) is 2.81. The van der Waals surface area contributed by atoms with Gasteiger partial charge in [0, 0.05) is 25.3 Å². The summed E-state index contributed by atoms with van der Waals surface area (Å²) in [5.41, 5.74) is 5.39. The van der Waals surface area contributed by atoms with Gasteiger partial charge in [-0.05, 0) is 31.6 Å². The molecule has 7 heteroatoms. The van der Waals surface area contributed by atoms with Crippen molar-refractivity contribution in [1.82, 2.24) is 10.2 Å². The van der Waals surface area contributed by atoms with Crippen LogP contribution in [-0.2, 0) is 19.2 Å². The third-order valence-electron chi connectivity index (χ3n) is 4.80. The molecule has 0 radical (unpaired) electrons. The Balaban J connectivity index is 2.06. The summed E-state index contributed by atoms with van der Waals surface area (Å²) in [6.07, 6.45) is 3.02. The van der Waals surface area contributed by atoms with Crippen molar-refractivity contribution in [2.45, 2.75) is 64.5 Å². The number of primary amides is 1. The number of hydrogen-bond donors (Lipinski definition) is 2. The Labute approximate surface area is 142 Å². The quantitative estimate of drug-likeness (QED) is 0.729. The normalized spacial score (nSPS) is 25.1. The number of carbonyl (C=O) groups is 4. The van der Waals surface area contributed by atoms with Gasteiger partial charge in [-0.2, -0.15) is 0 Å². The van der Waals surface area contributed by atoms with Gasteiger partial charge < -0.3 is 16.0 Å². The van der Waals surface area contributed by atoms with Crippen LogP contribution in [-0.4, -0.2) is 47.0 Å². The van der Waals surface area contributed by atoms with Gasteiger partial charge in [0.1, 0.15) is 17.9 Å². The lowest BCUT2D eigenvalue weighted by Crippen LogP contribution is -2.53. The summed E-state index contributed by atoms with van der Waals surface area (Å²) in [6.45, 7) is 4.43.